The van der Waals surface area contributed by atoms with Crippen LogP contribution in [0, 0.1) is 6.92 Å². The monoisotopic (exact) mass is 624 g/mol. The summed E-state index contributed by atoms with van der Waals surface area (Å²) in [6.45, 7) is 2.34. The lowest BCUT2D eigenvalue weighted by atomic mass is 9.88. The number of nitrogens with one attached hydrogen (secondary N) is 1. The molecule has 0 aromatic heterocycles. The number of benzene rings is 3. The van der Waals surface area contributed by atoms with Gasteiger partial charge in [0.15, 0.2) is 0 Å². The third kappa shape index (κ3) is 8.44. The molecule has 3 aromatic rings. The Labute approximate surface area is 263 Å². The third-order valence-electron chi connectivity index (χ3n) is 8.29. The molecule has 1 fully saturated rings. The van der Waals surface area contributed by atoms with Crippen molar-refractivity contribution in [2.75, 3.05) is 41.0 Å². The van der Waals surface area contributed by atoms with Gasteiger partial charge in [-0.15, -0.1) is 0 Å². The predicted molar refractivity (Wildman–Crippen MR) is 168 cm³/mol. The predicted octanol–water partition coefficient (Wildman–Crippen LogP) is 2.25. The van der Waals surface area contributed by atoms with Gasteiger partial charge in [0, 0.05) is 31.8 Å². The lowest BCUT2D eigenvalue weighted by Gasteiger charge is -2.40. The molecule has 1 heterocycles. The van der Waals surface area contributed by atoms with Crippen molar-refractivity contribution in [1.82, 2.24) is 10.2 Å². The van der Waals surface area contributed by atoms with E-state index < -0.39 is 37.1 Å². The Morgan fingerprint density at radius 3 is 2.16 bits per heavy atom. The van der Waals surface area contributed by atoms with Crippen LogP contribution in [0.15, 0.2) is 54.6 Å². The number of nitrogens with zero attached hydrogens (tertiary/aromatic N) is 1. The SMILES string of the molecule is COc1cc(CCN(C)C(=O)NCCc2ccc(Cc3cc([C@@H]4O[C@H](CO)[C@@H](O)[C@H](O)[C@H]4O)c(O)cc3C)cc2)cc(OC)c1. The number of methoxy groups -OCH3 is 2. The second-order valence-corrected chi connectivity index (χ2v) is 11.5. The summed E-state index contributed by atoms with van der Waals surface area (Å²) in [5.41, 5.74) is 5.09. The Hall–Kier alpha value is -3.87. The van der Waals surface area contributed by atoms with Gasteiger partial charge in [-0.25, -0.2) is 4.79 Å². The number of ether oxygens (including phenoxy) is 3. The molecular formula is C34H44N2O9. The van der Waals surface area contributed by atoms with E-state index in [0.29, 0.717) is 43.9 Å². The molecule has 1 aliphatic heterocycles. The average molecular weight is 625 g/mol. The zero-order valence-corrected chi connectivity index (χ0v) is 26.1. The molecule has 0 radical (unpaired) electrons. The highest BCUT2D eigenvalue weighted by molar-refractivity contribution is 5.73. The Morgan fingerprint density at radius 1 is 0.889 bits per heavy atom. The second-order valence-electron chi connectivity index (χ2n) is 11.5. The number of aliphatic hydroxyl groups excluding tert-OH is 4. The number of likely N-dealkylation sites (N-methyl/N-ethyl adjacent to an activating group) is 1. The molecule has 1 saturated heterocycles. The van der Waals surface area contributed by atoms with Crippen molar-refractivity contribution in [1.29, 1.82) is 0 Å². The van der Waals surface area contributed by atoms with Gasteiger partial charge in [0.25, 0.3) is 0 Å². The number of aliphatic hydroxyl groups is 4. The van der Waals surface area contributed by atoms with Crippen molar-refractivity contribution in [3.8, 4) is 17.2 Å². The molecule has 6 N–H and O–H groups in total. The maximum Gasteiger partial charge on any atom is 0.317 e. The number of phenols is 1. The minimum Gasteiger partial charge on any atom is -0.508 e. The highest BCUT2D eigenvalue weighted by Crippen LogP contribution is 2.38. The van der Waals surface area contributed by atoms with E-state index in [1.54, 1.807) is 38.3 Å². The molecule has 0 unspecified atom stereocenters. The minimum atomic E-state index is -1.54. The molecule has 2 amide bonds. The molecule has 45 heavy (non-hydrogen) atoms. The van der Waals surface area contributed by atoms with Crippen LogP contribution in [0.4, 0.5) is 4.79 Å². The molecule has 1 aliphatic rings. The first-order valence-corrected chi connectivity index (χ1v) is 15.0. The van der Waals surface area contributed by atoms with E-state index in [4.69, 9.17) is 14.2 Å². The van der Waals surface area contributed by atoms with Gasteiger partial charge >= 0.3 is 6.03 Å². The molecule has 0 aliphatic carbocycles. The van der Waals surface area contributed by atoms with E-state index in [-0.39, 0.29) is 17.3 Å². The summed E-state index contributed by atoms with van der Waals surface area (Å²) < 4.78 is 16.3. The van der Waals surface area contributed by atoms with Crippen molar-refractivity contribution >= 4 is 6.03 Å². The quantitative estimate of drug-likeness (QED) is 0.178. The maximum absolute atomic E-state index is 12.6. The molecule has 0 spiro atoms. The number of amides is 2. The van der Waals surface area contributed by atoms with Gasteiger partial charge < -0.3 is 50.0 Å². The van der Waals surface area contributed by atoms with E-state index >= 15 is 0 Å². The Kier molecular flexibility index (Phi) is 11.7. The number of carbonyl (C=O) groups excluding carboxylic acids is 1. The summed E-state index contributed by atoms with van der Waals surface area (Å²) in [6, 6.07) is 16.8. The summed E-state index contributed by atoms with van der Waals surface area (Å²) >= 11 is 0. The number of urea groups is 1. The smallest absolute Gasteiger partial charge is 0.317 e. The summed E-state index contributed by atoms with van der Waals surface area (Å²) in [4.78, 5) is 14.3. The summed E-state index contributed by atoms with van der Waals surface area (Å²) in [5, 5.41) is 54.0. The van der Waals surface area contributed by atoms with Crippen LogP contribution in [-0.4, -0.2) is 102 Å². The lowest BCUT2D eigenvalue weighted by molar-refractivity contribution is -0.232. The number of carbonyl (C=O) groups is 1. The van der Waals surface area contributed by atoms with Crippen LogP contribution in [0.3, 0.4) is 0 Å². The number of aromatic hydroxyl groups is 1. The van der Waals surface area contributed by atoms with Crippen LogP contribution in [0.1, 0.15) is 39.5 Å². The summed E-state index contributed by atoms with van der Waals surface area (Å²) in [7, 11) is 4.97. The maximum atomic E-state index is 12.6. The zero-order chi connectivity index (χ0) is 32.7. The normalized spacial score (nSPS) is 21.3. The minimum absolute atomic E-state index is 0.107. The number of hydrogen-bond donors (Lipinski definition) is 6. The molecule has 244 valence electrons. The van der Waals surface area contributed by atoms with E-state index in [2.05, 4.69) is 5.32 Å². The van der Waals surface area contributed by atoms with Gasteiger partial charge in [-0.1, -0.05) is 24.3 Å². The number of aryl methyl sites for hydroxylation is 1. The lowest BCUT2D eigenvalue weighted by Crippen LogP contribution is -2.55. The first-order chi connectivity index (χ1) is 21.5. The Bertz CT molecular complexity index is 1410. The fraction of sp³-hybridized carbons (Fsp3) is 0.441. The second kappa shape index (κ2) is 15.4. The van der Waals surface area contributed by atoms with Gasteiger partial charge in [-0.3, -0.25) is 0 Å². The molecule has 11 nitrogen and oxygen atoms in total. The van der Waals surface area contributed by atoms with Crippen molar-refractivity contribution in [2.24, 2.45) is 0 Å². The molecule has 11 heteroatoms. The molecular weight excluding hydrogens is 580 g/mol. The van der Waals surface area contributed by atoms with Gasteiger partial charge in [0.1, 0.15) is 47.8 Å². The topological polar surface area (TPSA) is 161 Å². The van der Waals surface area contributed by atoms with Crippen LogP contribution in [0.2, 0.25) is 0 Å². The van der Waals surface area contributed by atoms with Crippen LogP contribution in [-0.2, 0) is 24.0 Å². The highest BCUT2D eigenvalue weighted by atomic mass is 16.5. The van der Waals surface area contributed by atoms with Gasteiger partial charge in [-0.2, -0.15) is 0 Å². The van der Waals surface area contributed by atoms with Crippen LogP contribution < -0.4 is 14.8 Å². The Morgan fingerprint density at radius 2 is 1.53 bits per heavy atom. The van der Waals surface area contributed by atoms with Crippen LogP contribution in [0.25, 0.3) is 0 Å². The fourth-order valence-corrected chi connectivity index (χ4v) is 5.44. The summed E-state index contributed by atoms with van der Waals surface area (Å²) in [5.74, 6) is 1.31. The first-order valence-electron chi connectivity index (χ1n) is 15.0. The fourth-order valence-electron chi connectivity index (χ4n) is 5.44. The van der Waals surface area contributed by atoms with Crippen molar-refractivity contribution in [3.05, 3.63) is 88.0 Å². The Balaban J connectivity index is 1.30. The molecule has 4 rings (SSSR count). The first kappa shape index (κ1) is 34.0. The van der Waals surface area contributed by atoms with E-state index in [1.165, 1.54) is 0 Å². The number of hydrogen-bond acceptors (Lipinski definition) is 9. The highest BCUT2D eigenvalue weighted by Gasteiger charge is 2.44. The summed E-state index contributed by atoms with van der Waals surface area (Å²) in [6.07, 6.45) is -4.84. The van der Waals surface area contributed by atoms with Gasteiger partial charge in [0.05, 0.1) is 20.8 Å². The largest absolute Gasteiger partial charge is 0.508 e. The van der Waals surface area contributed by atoms with Crippen LogP contribution in [0.5, 0.6) is 17.2 Å². The number of phenolic OH excluding ortho intramolecular Hbond substituents is 1. The van der Waals surface area contributed by atoms with Gasteiger partial charge in [-0.05, 0) is 78.3 Å². The number of rotatable bonds is 12. The average Bonchev–Trinajstić information content (AvgIpc) is 3.04. The zero-order valence-electron chi connectivity index (χ0n) is 26.1. The molecule has 5 atom stereocenters. The van der Waals surface area contributed by atoms with E-state index in [1.807, 2.05) is 49.4 Å². The molecule has 0 saturated carbocycles. The van der Waals surface area contributed by atoms with Crippen LogP contribution >= 0.6 is 0 Å². The standard InChI is InChI=1S/C34H44N2O9/c1-20-13-28(38)27(33-32(41)31(40)30(39)29(19-37)45-33)17-24(20)14-22-7-5-21(6-8-22)9-11-35-34(42)36(2)12-10-23-15-25(43-3)18-26(16-23)44-4/h5-8,13,15-18,29-33,37-41H,9-12,14,19H2,1-4H3,(H,35,42)/t29-,30-,31+,32-,33+/m1/s1. The molecule has 0 bridgehead atoms. The molecule has 3 aromatic carbocycles. The van der Waals surface area contributed by atoms with E-state index in [9.17, 15) is 30.3 Å². The third-order valence-corrected chi connectivity index (χ3v) is 8.29. The van der Waals surface area contributed by atoms with Crippen molar-refractivity contribution in [3.63, 3.8) is 0 Å². The van der Waals surface area contributed by atoms with Gasteiger partial charge in [0.2, 0.25) is 0 Å². The van der Waals surface area contributed by atoms with Crippen molar-refractivity contribution in [2.45, 2.75) is 56.7 Å². The van der Waals surface area contributed by atoms with Crippen molar-refractivity contribution < 1.29 is 44.5 Å². The van der Waals surface area contributed by atoms with E-state index in [0.717, 1.165) is 27.8 Å².